The van der Waals surface area contributed by atoms with Crippen LogP contribution < -0.4 is 0 Å². The number of carbonyl (C=O) groups is 2. The minimum Gasteiger partial charge on any atom is -0.462 e. The molecule has 5 heteroatoms. The van der Waals surface area contributed by atoms with Crippen LogP contribution in [-0.2, 0) is 19.1 Å². The highest BCUT2D eigenvalue weighted by Gasteiger charge is 2.16. The van der Waals surface area contributed by atoms with Gasteiger partial charge < -0.3 is 14.6 Å². The summed E-state index contributed by atoms with van der Waals surface area (Å²) in [4.78, 5) is 24.6. The third-order valence-corrected chi connectivity index (χ3v) is 14.1. The summed E-state index contributed by atoms with van der Waals surface area (Å²) in [7, 11) is 0. The molecule has 76 heavy (non-hydrogen) atoms. The molecule has 1 unspecified atom stereocenters. The topological polar surface area (TPSA) is 72.8 Å². The maximum absolute atomic E-state index is 12.3. The fourth-order valence-electron chi connectivity index (χ4n) is 9.22. The Kier molecular flexibility index (Phi) is 62.9. The SMILES string of the molecule is CC/C=C\C/C=C\C/C=C\C/C=C\C/C=C\C/C=C\C/C=C\CCCCCCCCCCCC(=O)OC(CO)COC(=O)CCCCCCCCCCCCCCCCCCCCC/C=C\C/C=C\CCCCCCC. The van der Waals surface area contributed by atoms with Gasteiger partial charge in [0, 0.05) is 12.8 Å². The summed E-state index contributed by atoms with van der Waals surface area (Å²) in [6.07, 6.45) is 95.2. The lowest BCUT2D eigenvalue weighted by Crippen LogP contribution is -2.28. The normalized spacial score (nSPS) is 12.9. The van der Waals surface area contributed by atoms with E-state index in [0.29, 0.717) is 12.8 Å². The van der Waals surface area contributed by atoms with Crippen molar-refractivity contribution in [1.29, 1.82) is 0 Å². The summed E-state index contributed by atoms with van der Waals surface area (Å²) in [5.41, 5.74) is 0. The molecule has 0 saturated carbocycles. The van der Waals surface area contributed by atoms with Crippen molar-refractivity contribution in [3.63, 3.8) is 0 Å². The lowest BCUT2D eigenvalue weighted by molar-refractivity contribution is -0.161. The molecule has 0 amide bonds. The van der Waals surface area contributed by atoms with Crippen LogP contribution >= 0.6 is 0 Å². The highest BCUT2D eigenvalue weighted by atomic mass is 16.6. The zero-order chi connectivity index (χ0) is 54.8. The highest BCUT2D eigenvalue weighted by Crippen LogP contribution is 2.17. The van der Waals surface area contributed by atoms with Gasteiger partial charge in [0.05, 0.1) is 6.61 Å². The molecule has 1 N–H and O–H groups in total. The maximum atomic E-state index is 12.3. The fraction of sp³-hybridized carbons (Fsp3) is 0.718. The number of unbranched alkanes of at least 4 members (excludes halogenated alkanes) is 33. The molecule has 0 rings (SSSR count). The van der Waals surface area contributed by atoms with Gasteiger partial charge in [0.2, 0.25) is 0 Å². The van der Waals surface area contributed by atoms with E-state index in [2.05, 4.69) is 123 Å². The number of esters is 2. The molecule has 0 aliphatic heterocycles. The van der Waals surface area contributed by atoms with E-state index in [4.69, 9.17) is 9.47 Å². The summed E-state index contributed by atoms with van der Waals surface area (Å²) >= 11 is 0. The van der Waals surface area contributed by atoms with Gasteiger partial charge in [-0.05, 0) is 103 Å². The molecule has 0 aliphatic rings. The Balaban J connectivity index is 3.50. The Hall–Kier alpha value is -3.44. The molecule has 0 saturated heterocycles. The standard InChI is InChI=1S/C71H122O5/c1-3-5-7-9-11-13-15-17-19-21-23-25-27-29-31-33-35-37-39-41-43-45-47-49-51-53-55-57-59-61-63-65-70(73)75-68-69(67-72)76-71(74)66-64-62-60-58-56-54-52-50-48-46-44-42-40-38-36-34-32-30-28-26-24-22-20-18-16-14-12-10-8-6-4-2/h6,8,12,14-15,17-18,20-21,23-24,26,30,32,36,38,42,44,69,72H,3-5,7,9-11,13,16,19,22,25,27-29,31,33-35,37,39-41,43,45-68H2,1-2H3/b8-6-,14-12-,17-15-,20-18-,23-21-,26-24-,32-30-,38-36-,44-42-. The molecule has 0 radical (unpaired) electrons. The van der Waals surface area contributed by atoms with Gasteiger partial charge in [-0.25, -0.2) is 0 Å². The number of allylic oxidation sites excluding steroid dienone is 18. The lowest BCUT2D eigenvalue weighted by atomic mass is 10.0. The van der Waals surface area contributed by atoms with Crippen LogP contribution in [0.1, 0.15) is 309 Å². The minimum absolute atomic E-state index is 0.0709. The van der Waals surface area contributed by atoms with E-state index in [1.807, 2.05) is 0 Å². The van der Waals surface area contributed by atoms with Gasteiger partial charge in [0.1, 0.15) is 6.61 Å². The molecule has 436 valence electrons. The van der Waals surface area contributed by atoms with Crippen LogP contribution in [0, 0.1) is 0 Å². The second-order valence-electron chi connectivity index (χ2n) is 21.5. The smallest absolute Gasteiger partial charge is 0.306 e. The molecule has 0 aromatic heterocycles. The number of hydrogen-bond donors (Lipinski definition) is 1. The lowest BCUT2D eigenvalue weighted by Gasteiger charge is -2.15. The van der Waals surface area contributed by atoms with E-state index >= 15 is 0 Å². The van der Waals surface area contributed by atoms with Crippen LogP contribution in [0.2, 0.25) is 0 Å². The van der Waals surface area contributed by atoms with Gasteiger partial charge in [-0.1, -0.05) is 303 Å². The highest BCUT2D eigenvalue weighted by molar-refractivity contribution is 5.70. The molecular formula is C71H122O5. The number of carbonyl (C=O) groups excluding carboxylic acids is 2. The van der Waals surface area contributed by atoms with E-state index in [0.717, 1.165) is 96.3 Å². The van der Waals surface area contributed by atoms with Crippen LogP contribution in [0.25, 0.3) is 0 Å². The predicted molar refractivity (Wildman–Crippen MR) is 334 cm³/mol. The van der Waals surface area contributed by atoms with E-state index in [-0.39, 0.29) is 25.2 Å². The number of aliphatic hydroxyl groups is 1. The van der Waals surface area contributed by atoms with Crippen molar-refractivity contribution in [3.8, 4) is 0 Å². The van der Waals surface area contributed by atoms with Crippen molar-refractivity contribution in [2.75, 3.05) is 13.2 Å². The van der Waals surface area contributed by atoms with Crippen molar-refractivity contribution < 1.29 is 24.2 Å². The third kappa shape index (κ3) is 63.1. The summed E-state index contributed by atoms with van der Waals surface area (Å²) in [5, 5.41) is 9.69. The van der Waals surface area contributed by atoms with E-state index in [1.54, 1.807) is 0 Å². The second-order valence-corrected chi connectivity index (χ2v) is 21.5. The molecule has 0 aliphatic carbocycles. The quantitative estimate of drug-likeness (QED) is 0.0373. The predicted octanol–water partition coefficient (Wildman–Crippen LogP) is 22.4. The molecule has 0 aromatic rings. The fourth-order valence-corrected chi connectivity index (χ4v) is 9.22. The van der Waals surface area contributed by atoms with Crippen LogP contribution in [0.4, 0.5) is 0 Å². The third-order valence-electron chi connectivity index (χ3n) is 14.1. The van der Waals surface area contributed by atoms with Crippen molar-refractivity contribution >= 4 is 11.9 Å². The van der Waals surface area contributed by atoms with Crippen LogP contribution in [0.5, 0.6) is 0 Å². The van der Waals surface area contributed by atoms with Gasteiger partial charge in [-0.3, -0.25) is 9.59 Å². The Labute approximate surface area is 471 Å². The minimum atomic E-state index is -0.782. The molecule has 5 nitrogen and oxygen atoms in total. The zero-order valence-corrected chi connectivity index (χ0v) is 50.0. The Morgan fingerprint density at radius 3 is 0.855 bits per heavy atom. The van der Waals surface area contributed by atoms with Gasteiger partial charge >= 0.3 is 11.9 Å². The molecule has 1 atom stereocenters. The average Bonchev–Trinajstić information content (AvgIpc) is 3.42. The molecule has 0 heterocycles. The van der Waals surface area contributed by atoms with Crippen molar-refractivity contribution in [2.45, 2.75) is 315 Å². The summed E-state index contributed by atoms with van der Waals surface area (Å²) < 4.78 is 10.7. The molecule has 0 fully saturated rings. The largest absolute Gasteiger partial charge is 0.462 e. The number of hydrogen-bond acceptors (Lipinski definition) is 5. The average molecular weight is 1060 g/mol. The number of rotatable bonds is 59. The van der Waals surface area contributed by atoms with Gasteiger partial charge in [0.25, 0.3) is 0 Å². The first-order chi connectivity index (χ1) is 37.6. The maximum Gasteiger partial charge on any atom is 0.306 e. The first-order valence-corrected chi connectivity index (χ1v) is 32.4. The van der Waals surface area contributed by atoms with Crippen LogP contribution in [-0.4, -0.2) is 36.4 Å². The summed E-state index contributed by atoms with van der Waals surface area (Å²) in [5.74, 6) is -0.592. The Morgan fingerprint density at radius 2 is 0.566 bits per heavy atom. The number of aliphatic hydroxyl groups excluding tert-OH is 1. The summed E-state index contributed by atoms with van der Waals surface area (Å²) in [6.45, 7) is 4.04. The van der Waals surface area contributed by atoms with Crippen LogP contribution in [0.15, 0.2) is 109 Å². The van der Waals surface area contributed by atoms with Gasteiger partial charge in [-0.15, -0.1) is 0 Å². The summed E-state index contributed by atoms with van der Waals surface area (Å²) in [6, 6.07) is 0. The van der Waals surface area contributed by atoms with E-state index in [1.165, 1.54) is 186 Å². The Morgan fingerprint density at radius 1 is 0.316 bits per heavy atom. The van der Waals surface area contributed by atoms with Crippen molar-refractivity contribution in [1.82, 2.24) is 0 Å². The first-order valence-electron chi connectivity index (χ1n) is 32.4. The van der Waals surface area contributed by atoms with Crippen LogP contribution in [0.3, 0.4) is 0 Å². The van der Waals surface area contributed by atoms with Crippen molar-refractivity contribution in [2.24, 2.45) is 0 Å². The molecule has 0 bridgehead atoms. The Bertz CT molecular complexity index is 1470. The second kappa shape index (κ2) is 65.8. The number of ether oxygens (including phenoxy) is 2. The van der Waals surface area contributed by atoms with E-state index in [9.17, 15) is 14.7 Å². The van der Waals surface area contributed by atoms with Crippen molar-refractivity contribution in [3.05, 3.63) is 109 Å². The molecular weight excluding hydrogens is 933 g/mol. The monoisotopic (exact) mass is 1050 g/mol. The zero-order valence-electron chi connectivity index (χ0n) is 50.0. The van der Waals surface area contributed by atoms with E-state index < -0.39 is 6.10 Å². The molecule has 0 aromatic carbocycles. The molecule has 0 spiro atoms. The van der Waals surface area contributed by atoms with Gasteiger partial charge in [-0.2, -0.15) is 0 Å². The first kappa shape index (κ1) is 72.6. The van der Waals surface area contributed by atoms with Gasteiger partial charge in [0.15, 0.2) is 6.10 Å².